The van der Waals surface area contributed by atoms with Crippen LogP contribution in [0.5, 0.6) is 0 Å². The molecule has 1 aromatic heterocycles. The molecule has 0 aliphatic carbocycles. The van der Waals surface area contributed by atoms with E-state index in [1.165, 1.54) is 0 Å². The Hall–Kier alpha value is -1.36. The summed E-state index contributed by atoms with van der Waals surface area (Å²) in [6.45, 7) is 5.53. The number of ether oxygens (including phenoxy) is 2. The fourth-order valence-electron chi connectivity index (χ4n) is 2.08. The van der Waals surface area contributed by atoms with Crippen LogP contribution >= 0.6 is 0 Å². The van der Waals surface area contributed by atoms with Gasteiger partial charge in [-0.05, 0) is 32.8 Å². The van der Waals surface area contributed by atoms with Gasteiger partial charge >= 0.3 is 5.97 Å². The quantitative estimate of drug-likeness (QED) is 0.752. The van der Waals surface area contributed by atoms with Crippen LogP contribution in [-0.4, -0.2) is 35.6 Å². The standard InChI is InChI=1S/C12H18N2O3/c1-3-17-12(15)11-8-9(2)13-14(11)10-4-6-16-7-5-10/h8,10H,3-7H2,1-2H3. The molecule has 1 aliphatic heterocycles. The number of carbonyl (C=O) groups is 1. The van der Waals surface area contributed by atoms with Gasteiger partial charge in [-0.25, -0.2) is 4.79 Å². The summed E-state index contributed by atoms with van der Waals surface area (Å²) in [5.74, 6) is -0.292. The van der Waals surface area contributed by atoms with Crippen LogP contribution in [0.3, 0.4) is 0 Å². The first-order valence-electron chi connectivity index (χ1n) is 6.03. The SMILES string of the molecule is CCOC(=O)c1cc(C)nn1C1CCOCC1. The Labute approximate surface area is 101 Å². The highest BCUT2D eigenvalue weighted by molar-refractivity contribution is 5.87. The lowest BCUT2D eigenvalue weighted by molar-refractivity contribution is 0.0468. The van der Waals surface area contributed by atoms with E-state index in [9.17, 15) is 4.79 Å². The lowest BCUT2D eigenvalue weighted by atomic mass is 10.1. The topological polar surface area (TPSA) is 53.3 Å². The minimum absolute atomic E-state index is 0.247. The summed E-state index contributed by atoms with van der Waals surface area (Å²) in [5.41, 5.74) is 1.40. The first kappa shape index (κ1) is 12.1. The second-order valence-corrected chi connectivity index (χ2v) is 4.18. The molecule has 5 heteroatoms. The van der Waals surface area contributed by atoms with Gasteiger partial charge in [0.15, 0.2) is 0 Å². The van der Waals surface area contributed by atoms with E-state index in [-0.39, 0.29) is 12.0 Å². The molecule has 2 rings (SSSR count). The van der Waals surface area contributed by atoms with Crippen LogP contribution in [0.2, 0.25) is 0 Å². The summed E-state index contributed by atoms with van der Waals surface area (Å²) < 4.78 is 12.2. The van der Waals surface area contributed by atoms with Crippen LogP contribution in [0.4, 0.5) is 0 Å². The molecule has 2 heterocycles. The number of aryl methyl sites for hydroxylation is 1. The summed E-state index contributed by atoms with van der Waals surface area (Å²) in [5, 5.41) is 4.40. The predicted octanol–water partition coefficient (Wildman–Crippen LogP) is 1.72. The van der Waals surface area contributed by atoms with Crippen molar-refractivity contribution in [3.63, 3.8) is 0 Å². The molecule has 0 unspecified atom stereocenters. The van der Waals surface area contributed by atoms with Gasteiger partial charge < -0.3 is 9.47 Å². The molecule has 0 radical (unpaired) electrons. The molecule has 0 amide bonds. The summed E-state index contributed by atoms with van der Waals surface area (Å²) >= 11 is 0. The molecule has 94 valence electrons. The van der Waals surface area contributed by atoms with Gasteiger partial charge in [0.05, 0.1) is 18.3 Å². The third-order valence-corrected chi connectivity index (χ3v) is 2.88. The van der Waals surface area contributed by atoms with Crippen molar-refractivity contribution in [3.05, 3.63) is 17.5 Å². The Bertz CT molecular complexity index is 394. The largest absolute Gasteiger partial charge is 0.461 e. The number of hydrogen-bond acceptors (Lipinski definition) is 4. The second-order valence-electron chi connectivity index (χ2n) is 4.18. The highest BCUT2D eigenvalue weighted by Crippen LogP contribution is 2.22. The zero-order valence-corrected chi connectivity index (χ0v) is 10.3. The number of carbonyl (C=O) groups excluding carboxylic acids is 1. The normalized spacial score (nSPS) is 17.1. The van der Waals surface area contributed by atoms with Gasteiger partial charge in [0.2, 0.25) is 0 Å². The maximum absolute atomic E-state index is 11.8. The smallest absolute Gasteiger partial charge is 0.356 e. The van der Waals surface area contributed by atoms with E-state index in [1.807, 2.05) is 6.92 Å². The average Bonchev–Trinajstić information content (AvgIpc) is 2.73. The molecule has 0 aromatic carbocycles. The lowest BCUT2D eigenvalue weighted by Gasteiger charge is -2.23. The molecule has 0 N–H and O–H groups in total. The number of rotatable bonds is 3. The first-order valence-corrected chi connectivity index (χ1v) is 6.03. The van der Waals surface area contributed by atoms with Crippen LogP contribution in [0, 0.1) is 6.92 Å². The van der Waals surface area contributed by atoms with Gasteiger partial charge in [-0.3, -0.25) is 4.68 Å². The van der Waals surface area contributed by atoms with Gasteiger partial charge in [-0.2, -0.15) is 5.10 Å². The second kappa shape index (κ2) is 5.31. The van der Waals surface area contributed by atoms with E-state index in [0.29, 0.717) is 12.3 Å². The molecule has 1 aliphatic rings. The van der Waals surface area contributed by atoms with Crippen molar-refractivity contribution < 1.29 is 14.3 Å². The van der Waals surface area contributed by atoms with Gasteiger partial charge in [-0.1, -0.05) is 0 Å². The number of aromatic nitrogens is 2. The van der Waals surface area contributed by atoms with Crippen molar-refractivity contribution in [3.8, 4) is 0 Å². The van der Waals surface area contributed by atoms with E-state index >= 15 is 0 Å². The van der Waals surface area contributed by atoms with Gasteiger partial charge in [0.25, 0.3) is 0 Å². The molecule has 1 aromatic rings. The van der Waals surface area contributed by atoms with Gasteiger partial charge in [0, 0.05) is 13.2 Å². The van der Waals surface area contributed by atoms with Crippen molar-refractivity contribution in [1.29, 1.82) is 0 Å². The molecule has 0 saturated carbocycles. The Balaban J connectivity index is 2.22. The molecule has 1 saturated heterocycles. The van der Waals surface area contributed by atoms with E-state index < -0.39 is 0 Å². The minimum atomic E-state index is -0.292. The Morgan fingerprint density at radius 3 is 2.94 bits per heavy atom. The number of hydrogen-bond donors (Lipinski definition) is 0. The number of nitrogens with zero attached hydrogens (tertiary/aromatic N) is 2. The third kappa shape index (κ3) is 2.66. The summed E-state index contributed by atoms with van der Waals surface area (Å²) in [6, 6.07) is 2.03. The monoisotopic (exact) mass is 238 g/mol. The minimum Gasteiger partial charge on any atom is -0.461 e. The van der Waals surface area contributed by atoms with Crippen LogP contribution in [0.15, 0.2) is 6.07 Å². The van der Waals surface area contributed by atoms with Crippen LogP contribution in [0.25, 0.3) is 0 Å². The van der Waals surface area contributed by atoms with Crippen molar-refractivity contribution in [2.24, 2.45) is 0 Å². The molecule has 17 heavy (non-hydrogen) atoms. The Morgan fingerprint density at radius 2 is 2.29 bits per heavy atom. The predicted molar refractivity (Wildman–Crippen MR) is 62.0 cm³/mol. The zero-order chi connectivity index (χ0) is 12.3. The average molecular weight is 238 g/mol. The third-order valence-electron chi connectivity index (χ3n) is 2.88. The highest BCUT2D eigenvalue weighted by Gasteiger charge is 2.23. The van der Waals surface area contributed by atoms with Crippen LogP contribution in [0.1, 0.15) is 42.0 Å². The van der Waals surface area contributed by atoms with Crippen molar-refractivity contribution in [1.82, 2.24) is 9.78 Å². The highest BCUT2D eigenvalue weighted by atomic mass is 16.5. The molecule has 5 nitrogen and oxygen atoms in total. The maximum atomic E-state index is 11.8. The molecule has 0 bridgehead atoms. The van der Waals surface area contributed by atoms with E-state index in [1.54, 1.807) is 17.7 Å². The first-order chi connectivity index (χ1) is 8.22. The maximum Gasteiger partial charge on any atom is 0.356 e. The summed E-state index contributed by atoms with van der Waals surface area (Å²) in [4.78, 5) is 11.8. The molecule has 0 spiro atoms. The molecule has 0 atom stereocenters. The van der Waals surface area contributed by atoms with Crippen molar-refractivity contribution >= 4 is 5.97 Å². The van der Waals surface area contributed by atoms with Crippen molar-refractivity contribution in [2.45, 2.75) is 32.7 Å². The van der Waals surface area contributed by atoms with E-state index in [4.69, 9.17) is 9.47 Å². The molecule has 1 fully saturated rings. The summed E-state index contributed by atoms with van der Waals surface area (Å²) in [7, 11) is 0. The zero-order valence-electron chi connectivity index (χ0n) is 10.3. The Kier molecular flexibility index (Phi) is 3.78. The van der Waals surface area contributed by atoms with E-state index in [0.717, 1.165) is 31.7 Å². The Morgan fingerprint density at radius 1 is 1.59 bits per heavy atom. The fraction of sp³-hybridized carbons (Fsp3) is 0.667. The van der Waals surface area contributed by atoms with Gasteiger partial charge in [-0.15, -0.1) is 0 Å². The lowest BCUT2D eigenvalue weighted by Crippen LogP contribution is -2.24. The number of esters is 1. The molecular weight excluding hydrogens is 220 g/mol. The fourth-order valence-corrected chi connectivity index (χ4v) is 2.08. The van der Waals surface area contributed by atoms with Crippen molar-refractivity contribution in [2.75, 3.05) is 19.8 Å². The summed E-state index contributed by atoms with van der Waals surface area (Å²) in [6.07, 6.45) is 1.79. The van der Waals surface area contributed by atoms with Gasteiger partial charge in [0.1, 0.15) is 5.69 Å². The molecular formula is C12H18N2O3. The van der Waals surface area contributed by atoms with E-state index in [2.05, 4.69) is 5.10 Å². The van der Waals surface area contributed by atoms with Crippen LogP contribution in [-0.2, 0) is 9.47 Å². The van der Waals surface area contributed by atoms with Crippen LogP contribution < -0.4 is 0 Å².